The zero-order valence-electron chi connectivity index (χ0n) is 12.1. The standard InChI is InChI=1S/C16H17BrN2O2/c1-10-5-6-12(17)9-13(10)16(20)19-7-3-4-14(19)15-8-11(2)18-21-15/h5-6,8-9,14H,3-4,7H2,1-2H3. The molecule has 2 heterocycles. The fourth-order valence-corrected chi connectivity index (χ4v) is 3.19. The molecule has 3 rings (SSSR count). The van der Waals surface area contributed by atoms with Gasteiger partial charge < -0.3 is 9.42 Å². The van der Waals surface area contributed by atoms with Gasteiger partial charge in [-0.2, -0.15) is 0 Å². The summed E-state index contributed by atoms with van der Waals surface area (Å²) < 4.78 is 6.28. The van der Waals surface area contributed by atoms with Crippen LogP contribution in [-0.4, -0.2) is 22.5 Å². The molecule has 1 aromatic heterocycles. The Balaban J connectivity index is 1.91. The first-order valence-electron chi connectivity index (χ1n) is 7.06. The number of aromatic nitrogens is 1. The first-order valence-corrected chi connectivity index (χ1v) is 7.86. The van der Waals surface area contributed by atoms with Crippen molar-refractivity contribution >= 4 is 21.8 Å². The lowest BCUT2D eigenvalue weighted by molar-refractivity contribution is 0.0714. The molecule has 0 saturated carbocycles. The zero-order valence-corrected chi connectivity index (χ0v) is 13.7. The van der Waals surface area contributed by atoms with Gasteiger partial charge >= 0.3 is 0 Å². The van der Waals surface area contributed by atoms with E-state index in [1.54, 1.807) is 0 Å². The second kappa shape index (κ2) is 5.64. The molecule has 1 unspecified atom stereocenters. The van der Waals surface area contributed by atoms with Crippen molar-refractivity contribution < 1.29 is 9.32 Å². The molecule has 0 radical (unpaired) electrons. The van der Waals surface area contributed by atoms with E-state index >= 15 is 0 Å². The number of carbonyl (C=O) groups is 1. The average Bonchev–Trinajstić information content (AvgIpc) is 3.09. The second-order valence-corrected chi connectivity index (χ2v) is 6.40. The summed E-state index contributed by atoms with van der Waals surface area (Å²) in [7, 11) is 0. The maximum absolute atomic E-state index is 12.9. The molecule has 4 nitrogen and oxygen atoms in total. The highest BCUT2D eigenvalue weighted by Gasteiger charge is 2.33. The van der Waals surface area contributed by atoms with Crippen molar-refractivity contribution in [3.05, 3.63) is 51.3 Å². The number of halogens is 1. The molecule has 21 heavy (non-hydrogen) atoms. The molecule has 1 aliphatic heterocycles. The zero-order chi connectivity index (χ0) is 15.0. The highest BCUT2D eigenvalue weighted by atomic mass is 79.9. The lowest BCUT2D eigenvalue weighted by Crippen LogP contribution is -2.30. The highest BCUT2D eigenvalue weighted by molar-refractivity contribution is 9.10. The molecule has 1 amide bonds. The van der Waals surface area contributed by atoms with Gasteiger partial charge in [-0.25, -0.2) is 0 Å². The van der Waals surface area contributed by atoms with Crippen molar-refractivity contribution in [1.82, 2.24) is 10.1 Å². The first kappa shape index (κ1) is 14.3. The predicted octanol–water partition coefficient (Wildman–Crippen LogP) is 4.03. The van der Waals surface area contributed by atoms with E-state index in [2.05, 4.69) is 21.1 Å². The van der Waals surface area contributed by atoms with Gasteiger partial charge in [0.25, 0.3) is 5.91 Å². The Kier molecular flexibility index (Phi) is 3.85. The number of hydrogen-bond donors (Lipinski definition) is 0. The maximum atomic E-state index is 12.9. The fraction of sp³-hybridized carbons (Fsp3) is 0.375. The second-order valence-electron chi connectivity index (χ2n) is 5.49. The van der Waals surface area contributed by atoms with Gasteiger partial charge in [0.05, 0.1) is 11.7 Å². The van der Waals surface area contributed by atoms with Gasteiger partial charge in [-0.15, -0.1) is 0 Å². The van der Waals surface area contributed by atoms with Crippen LogP contribution in [0, 0.1) is 13.8 Å². The van der Waals surface area contributed by atoms with Crippen molar-refractivity contribution in [2.45, 2.75) is 32.7 Å². The molecule has 0 spiro atoms. The van der Waals surface area contributed by atoms with Crippen LogP contribution in [0.5, 0.6) is 0 Å². The number of amides is 1. The van der Waals surface area contributed by atoms with E-state index in [0.717, 1.165) is 46.4 Å². The minimum absolute atomic E-state index is 0.00270. The quantitative estimate of drug-likeness (QED) is 0.822. The van der Waals surface area contributed by atoms with Gasteiger partial charge in [-0.3, -0.25) is 4.79 Å². The normalized spacial score (nSPS) is 18.2. The third kappa shape index (κ3) is 2.75. The summed E-state index contributed by atoms with van der Waals surface area (Å²) in [6, 6.07) is 7.72. The SMILES string of the molecule is Cc1cc(C2CCCN2C(=O)c2cc(Br)ccc2C)on1. The smallest absolute Gasteiger partial charge is 0.254 e. The number of carbonyl (C=O) groups excluding carboxylic acids is 1. The Morgan fingerprint density at radius 3 is 2.90 bits per heavy atom. The number of rotatable bonds is 2. The van der Waals surface area contributed by atoms with E-state index in [4.69, 9.17) is 4.52 Å². The van der Waals surface area contributed by atoms with Crippen LogP contribution in [0.1, 0.15) is 46.3 Å². The minimum atomic E-state index is -0.00270. The highest BCUT2D eigenvalue weighted by Crippen LogP contribution is 2.34. The molecule has 1 aromatic carbocycles. The lowest BCUT2D eigenvalue weighted by Gasteiger charge is -2.23. The van der Waals surface area contributed by atoms with E-state index < -0.39 is 0 Å². The first-order chi connectivity index (χ1) is 10.1. The third-order valence-electron chi connectivity index (χ3n) is 3.92. The van der Waals surface area contributed by atoms with Crippen molar-refractivity contribution in [3.8, 4) is 0 Å². The fourth-order valence-electron chi connectivity index (χ4n) is 2.83. The third-order valence-corrected chi connectivity index (χ3v) is 4.41. The van der Waals surface area contributed by atoms with Gasteiger partial charge in [0.15, 0.2) is 5.76 Å². The van der Waals surface area contributed by atoms with Crippen LogP contribution in [0.3, 0.4) is 0 Å². The minimum Gasteiger partial charge on any atom is -0.359 e. The van der Waals surface area contributed by atoms with E-state index in [1.807, 2.05) is 43.0 Å². The topological polar surface area (TPSA) is 46.3 Å². The van der Waals surface area contributed by atoms with E-state index in [1.165, 1.54) is 0 Å². The van der Waals surface area contributed by atoms with E-state index in [-0.39, 0.29) is 11.9 Å². The molecule has 0 aliphatic carbocycles. The number of nitrogens with zero attached hydrogens (tertiary/aromatic N) is 2. The molecule has 5 heteroatoms. The van der Waals surface area contributed by atoms with Crippen LogP contribution in [0.2, 0.25) is 0 Å². The van der Waals surface area contributed by atoms with Crippen LogP contribution >= 0.6 is 15.9 Å². The average molecular weight is 349 g/mol. The van der Waals surface area contributed by atoms with Crippen LogP contribution < -0.4 is 0 Å². The van der Waals surface area contributed by atoms with Crippen molar-refractivity contribution in [2.75, 3.05) is 6.54 Å². The van der Waals surface area contributed by atoms with E-state index in [9.17, 15) is 4.79 Å². The monoisotopic (exact) mass is 348 g/mol. The Hall–Kier alpha value is -1.62. The van der Waals surface area contributed by atoms with Gasteiger partial charge in [-0.05, 0) is 44.4 Å². The molecular weight excluding hydrogens is 332 g/mol. The molecule has 0 bridgehead atoms. The molecule has 1 aliphatic rings. The summed E-state index contributed by atoms with van der Waals surface area (Å²) in [5.74, 6) is 0.844. The summed E-state index contributed by atoms with van der Waals surface area (Å²) >= 11 is 3.44. The molecule has 110 valence electrons. The lowest BCUT2D eigenvalue weighted by atomic mass is 10.1. The maximum Gasteiger partial charge on any atom is 0.254 e. The van der Waals surface area contributed by atoms with Gasteiger partial charge in [0.2, 0.25) is 0 Å². The van der Waals surface area contributed by atoms with Gasteiger partial charge in [0.1, 0.15) is 0 Å². The van der Waals surface area contributed by atoms with Gasteiger partial charge in [0, 0.05) is 22.6 Å². The summed E-state index contributed by atoms with van der Waals surface area (Å²) in [6.45, 7) is 4.62. The Morgan fingerprint density at radius 1 is 1.38 bits per heavy atom. The van der Waals surface area contributed by atoms with Crippen molar-refractivity contribution in [3.63, 3.8) is 0 Å². The number of hydrogen-bond acceptors (Lipinski definition) is 3. The molecular formula is C16H17BrN2O2. The Bertz CT molecular complexity index is 681. The molecule has 0 N–H and O–H groups in total. The van der Waals surface area contributed by atoms with Crippen LogP contribution in [0.15, 0.2) is 33.3 Å². The van der Waals surface area contributed by atoms with E-state index in [0.29, 0.717) is 0 Å². The Morgan fingerprint density at radius 2 is 2.19 bits per heavy atom. The number of aryl methyl sites for hydroxylation is 2. The predicted molar refractivity (Wildman–Crippen MR) is 83.1 cm³/mol. The van der Waals surface area contributed by atoms with Crippen molar-refractivity contribution in [1.29, 1.82) is 0 Å². The summed E-state index contributed by atoms with van der Waals surface area (Å²) in [5.41, 5.74) is 2.58. The molecule has 1 saturated heterocycles. The van der Waals surface area contributed by atoms with Gasteiger partial charge in [-0.1, -0.05) is 27.2 Å². The largest absolute Gasteiger partial charge is 0.359 e. The molecule has 1 atom stereocenters. The number of benzene rings is 1. The summed E-state index contributed by atoms with van der Waals surface area (Å²) in [6.07, 6.45) is 1.91. The molecule has 1 fully saturated rings. The molecule has 2 aromatic rings. The van der Waals surface area contributed by atoms with Crippen LogP contribution in [0.4, 0.5) is 0 Å². The Labute approximate surface area is 132 Å². The van der Waals surface area contributed by atoms with Crippen LogP contribution in [0.25, 0.3) is 0 Å². The summed E-state index contributed by atoms with van der Waals surface area (Å²) in [5, 5.41) is 3.94. The number of likely N-dealkylation sites (tertiary alicyclic amines) is 1. The van der Waals surface area contributed by atoms with Crippen LogP contribution in [-0.2, 0) is 0 Å². The summed E-state index contributed by atoms with van der Waals surface area (Å²) in [4.78, 5) is 14.8. The van der Waals surface area contributed by atoms with Crippen molar-refractivity contribution in [2.24, 2.45) is 0 Å².